The number of rotatable bonds is 9. The van der Waals surface area contributed by atoms with Gasteiger partial charge in [-0.3, -0.25) is 9.59 Å². The van der Waals surface area contributed by atoms with Crippen LogP contribution in [0, 0.1) is 0 Å². The van der Waals surface area contributed by atoms with Crippen molar-refractivity contribution in [2.45, 2.75) is 37.6 Å². The zero-order valence-electron chi connectivity index (χ0n) is 17.4. The molecule has 3 rings (SSSR count). The molecule has 0 spiro atoms. The number of amides is 2. The van der Waals surface area contributed by atoms with E-state index in [-0.39, 0.29) is 18.9 Å². The lowest BCUT2D eigenvalue weighted by molar-refractivity contribution is -0.146. The number of alkyl carbamates (subject to hydrolysis) is 1. The monoisotopic (exact) mass is 446 g/mol. The van der Waals surface area contributed by atoms with E-state index in [0.29, 0.717) is 0 Å². The van der Waals surface area contributed by atoms with Crippen LogP contribution in [0.3, 0.4) is 0 Å². The lowest BCUT2D eigenvalue weighted by Gasteiger charge is -2.21. The highest BCUT2D eigenvalue weighted by Gasteiger charge is 2.40. The van der Waals surface area contributed by atoms with Crippen LogP contribution in [0.5, 0.6) is 0 Å². The molecule has 2 amide bonds. The Balaban J connectivity index is 1.55. The number of fused-ring (bicyclic) bond motifs is 3. The third-order valence-corrected chi connectivity index (χ3v) is 5.38. The molecule has 32 heavy (non-hydrogen) atoms. The van der Waals surface area contributed by atoms with Gasteiger partial charge in [-0.25, -0.2) is 4.79 Å². The number of carbonyl (C=O) groups is 3. The van der Waals surface area contributed by atoms with Crippen LogP contribution in [-0.4, -0.2) is 48.2 Å². The summed E-state index contributed by atoms with van der Waals surface area (Å²) in [6, 6.07) is 14.5. The van der Waals surface area contributed by atoms with Crippen molar-refractivity contribution >= 4 is 18.0 Å². The fourth-order valence-corrected chi connectivity index (χ4v) is 3.71. The molecule has 1 unspecified atom stereocenters. The number of aliphatic carboxylic acids is 1. The Hall–Kier alpha value is -3.49. The average Bonchev–Trinajstić information content (AvgIpc) is 3.09. The van der Waals surface area contributed by atoms with Gasteiger partial charge in [0.1, 0.15) is 6.61 Å². The molecular weight excluding hydrogens is 422 g/mol. The van der Waals surface area contributed by atoms with Crippen molar-refractivity contribution in [2.75, 3.05) is 13.2 Å². The van der Waals surface area contributed by atoms with Crippen molar-refractivity contribution < 1.29 is 33.0 Å². The number of nitrogens with one attached hydrogen (secondary N) is 2. The van der Waals surface area contributed by atoms with E-state index in [1.54, 1.807) is 6.92 Å². The Labute approximate surface area is 183 Å². The van der Waals surface area contributed by atoms with Crippen molar-refractivity contribution in [1.29, 1.82) is 0 Å². The van der Waals surface area contributed by atoms with Crippen LogP contribution in [0.4, 0.5) is 13.6 Å². The first-order valence-corrected chi connectivity index (χ1v) is 10.2. The van der Waals surface area contributed by atoms with Gasteiger partial charge in [-0.05, 0) is 28.7 Å². The van der Waals surface area contributed by atoms with E-state index >= 15 is 0 Å². The van der Waals surface area contributed by atoms with Crippen LogP contribution in [0.1, 0.15) is 36.8 Å². The van der Waals surface area contributed by atoms with Gasteiger partial charge < -0.3 is 20.5 Å². The Kier molecular flexibility index (Phi) is 7.07. The van der Waals surface area contributed by atoms with Gasteiger partial charge in [-0.15, -0.1) is 0 Å². The van der Waals surface area contributed by atoms with Gasteiger partial charge in [0.15, 0.2) is 0 Å². The Morgan fingerprint density at radius 3 is 2.16 bits per heavy atom. The van der Waals surface area contributed by atoms with Crippen LogP contribution in [-0.2, 0) is 14.3 Å². The van der Waals surface area contributed by atoms with Crippen LogP contribution in [0.25, 0.3) is 11.1 Å². The van der Waals surface area contributed by atoms with E-state index in [2.05, 4.69) is 0 Å². The Morgan fingerprint density at radius 2 is 1.62 bits per heavy atom. The maximum Gasteiger partial charge on any atom is 0.407 e. The number of carboxylic acids is 1. The molecule has 0 heterocycles. The summed E-state index contributed by atoms with van der Waals surface area (Å²) in [5, 5.41) is 12.7. The van der Waals surface area contributed by atoms with Gasteiger partial charge >= 0.3 is 18.0 Å². The van der Waals surface area contributed by atoms with Crippen molar-refractivity contribution in [1.82, 2.24) is 10.6 Å². The summed E-state index contributed by atoms with van der Waals surface area (Å²) in [5.41, 5.74) is 4.03. The summed E-state index contributed by atoms with van der Waals surface area (Å²) in [6.45, 7) is 0.258. The maximum absolute atomic E-state index is 14.1. The molecule has 0 aromatic heterocycles. The highest BCUT2D eigenvalue weighted by atomic mass is 19.3. The maximum atomic E-state index is 14.1. The molecule has 0 fully saturated rings. The number of hydrogen-bond donors (Lipinski definition) is 3. The van der Waals surface area contributed by atoms with Crippen molar-refractivity contribution in [3.05, 3.63) is 59.7 Å². The molecule has 2 aromatic carbocycles. The SMILES string of the molecule is CCC(CC(=O)O)NC(=O)C(F)(F)CNC(=O)OCC1c2ccccc2-c2ccccc21. The summed E-state index contributed by atoms with van der Waals surface area (Å²) >= 11 is 0. The number of carbonyl (C=O) groups excluding carboxylic acids is 2. The van der Waals surface area contributed by atoms with E-state index in [1.807, 2.05) is 59.2 Å². The molecule has 0 aliphatic heterocycles. The third kappa shape index (κ3) is 5.22. The van der Waals surface area contributed by atoms with Crippen LogP contribution >= 0.6 is 0 Å². The first-order valence-electron chi connectivity index (χ1n) is 10.2. The van der Waals surface area contributed by atoms with E-state index in [1.165, 1.54) is 0 Å². The minimum Gasteiger partial charge on any atom is -0.481 e. The normalized spacial score (nSPS) is 13.6. The molecule has 3 N–H and O–H groups in total. The third-order valence-electron chi connectivity index (χ3n) is 5.38. The predicted molar refractivity (Wildman–Crippen MR) is 112 cm³/mol. The second-order valence-electron chi connectivity index (χ2n) is 7.56. The second kappa shape index (κ2) is 9.76. The molecule has 0 radical (unpaired) electrons. The molecule has 0 saturated heterocycles. The Bertz CT molecular complexity index is 966. The van der Waals surface area contributed by atoms with E-state index < -0.39 is 42.9 Å². The van der Waals surface area contributed by atoms with Crippen molar-refractivity contribution in [3.63, 3.8) is 0 Å². The molecule has 170 valence electrons. The summed E-state index contributed by atoms with van der Waals surface area (Å²) in [5.74, 6) is -7.00. The first-order chi connectivity index (χ1) is 15.2. The fraction of sp³-hybridized carbons (Fsp3) is 0.348. The highest BCUT2D eigenvalue weighted by molar-refractivity contribution is 5.85. The molecule has 2 aromatic rings. The van der Waals surface area contributed by atoms with E-state index in [0.717, 1.165) is 22.3 Å². The van der Waals surface area contributed by atoms with Gasteiger partial charge in [0.25, 0.3) is 5.91 Å². The van der Waals surface area contributed by atoms with Crippen LogP contribution in [0.15, 0.2) is 48.5 Å². The fourth-order valence-electron chi connectivity index (χ4n) is 3.71. The van der Waals surface area contributed by atoms with E-state index in [4.69, 9.17) is 9.84 Å². The lowest BCUT2D eigenvalue weighted by atomic mass is 9.98. The van der Waals surface area contributed by atoms with Gasteiger partial charge in [-0.1, -0.05) is 55.5 Å². The average molecular weight is 446 g/mol. The van der Waals surface area contributed by atoms with Crippen LogP contribution in [0.2, 0.25) is 0 Å². The predicted octanol–water partition coefficient (Wildman–Crippen LogP) is 3.53. The smallest absolute Gasteiger partial charge is 0.407 e. The number of hydrogen-bond acceptors (Lipinski definition) is 4. The molecule has 0 bridgehead atoms. The van der Waals surface area contributed by atoms with Gasteiger partial charge in [-0.2, -0.15) is 8.78 Å². The molecule has 1 aliphatic carbocycles. The van der Waals surface area contributed by atoms with Gasteiger partial charge in [0, 0.05) is 12.0 Å². The first kappa shape index (κ1) is 23.2. The Morgan fingerprint density at radius 1 is 1.06 bits per heavy atom. The quantitative estimate of drug-likeness (QED) is 0.547. The number of carboxylic acid groups (broad SMARTS) is 1. The summed E-state index contributed by atoms with van der Waals surface area (Å²) in [4.78, 5) is 34.6. The standard InChI is InChI=1S/C23H24F2N2O5/c1-2-14(11-20(28)29)27-21(30)23(24,25)13-26-22(31)32-12-19-17-9-5-3-7-15(17)16-8-4-6-10-18(16)19/h3-10,14,19H,2,11-13H2,1H3,(H,26,31)(H,27,30)(H,28,29). The minimum atomic E-state index is -3.92. The zero-order chi connectivity index (χ0) is 23.3. The number of benzene rings is 2. The molecule has 9 heteroatoms. The minimum absolute atomic E-state index is 0.0475. The summed E-state index contributed by atoms with van der Waals surface area (Å²) in [7, 11) is 0. The molecular formula is C23H24F2N2O5. The molecule has 7 nitrogen and oxygen atoms in total. The van der Waals surface area contributed by atoms with Crippen LogP contribution < -0.4 is 10.6 Å². The zero-order valence-corrected chi connectivity index (χ0v) is 17.4. The van der Waals surface area contributed by atoms with Crippen molar-refractivity contribution in [3.8, 4) is 11.1 Å². The second-order valence-corrected chi connectivity index (χ2v) is 7.56. The topological polar surface area (TPSA) is 105 Å². The van der Waals surface area contributed by atoms with Crippen molar-refractivity contribution in [2.24, 2.45) is 0 Å². The summed E-state index contributed by atoms with van der Waals surface area (Å²) < 4.78 is 33.4. The molecule has 1 aliphatic rings. The summed E-state index contributed by atoms with van der Waals surface area (Å²) in [6.07, 6.45) is -1.37. The molecule has 0 saturated carbocycles. The largest absolute Gasteiger partial charge is 0.481 e. The van der Waals surface area contributed by atoms with Gasteiger partial charge in [0.2, 0.25) is 0 Å². The number of halogens is 2. The molecule has 1 atom stereocenters. The number of ether oxygens (including phenoxy) is 1. The lowest BCUT2D eigenvalue weighted by Crippen LogP contribution is -2.51. The van der Waals surface area contributed by atoms with Gasteiger partial charge in [0.05, 0.1) is 13.0 Å². The van der Waals surface area contributed by atoms with E-state index in [9.17, 15) is 23.2 Å². The highest BCUT2D eigenvalue weighted by Crippen LogP contribution is 2.44. The number of alkyl halides is 2.